The summed E-state index contributed by atoms with van der Waals surface area (Å²) in [4.78, 5) is 27.9. The second-order valence-electron chi connectivity index (χ2n) is 6.97. The maximum Gasteiger partial charge on any atom is 0.225 e. The second-order valence-corrected chi connectivity index (χ2v) is 7.95. The summed E-state index contributed by atoms with van der Waals surface area (Å²) in [6.07, 6.45) is 6.67. The summed E-state index contributed by atoms with van der Waals surface area (Å²) in [6, 6.07) is 7.95. The predicted molar refractivity (Wildman–Crippen MR) is 104 cm³/mol. The van der Waals surface area contributed by atoms with Crippen molar-refractivity contribution >= 4 is 23.2 Å². The molecular weight excluding hydrogens is 346 g/mol. The van der Waals surface area contributed by atoms with Crippen LogP contribution in [0, 0.1) is 0 Å². The van der Waals surface area contributed by atoms with Crippen molar-refractivity contribution < 1.29 is 9.59 Å². The molecule has 1 fully saturated rings. The normalized spacial score (nSPS) is 19.0. The van der Waals surface area contributed by atoms with E-state index in [1.54, 1.807) is 11.3 Å². The number of rotatable bonds is 5. The summed E-state index contributed by atoms with van der Waals surface area (Å²) in [5, 5.41) is 4.93. The SMILES string of the molecule is CC(=O)N[C@H](CC(=O)N1CCCCC[C@@H]1c1cccn1C)c1cccs1. The highest BCUT2D eigenvalue weighted by molar-refractivity contribution is 7.10. The third kappa shape index (κ3) is 4.36. The second kappa shape index (κ2) is 8.54. The van der Waals surface area contributed by atoms with Gasteiger partial charge in [-0.1, -0.05) is 18.9 Å². The maximum atomic E-state index is 13.2. The lowest BCUT2D eigenvalue weighted by atomic mass is 10.0. The zero-order valence-electron chi connectivity index (χ0n) is 15.5. The van der Waals surface area contributed by atoms with Gasteiger partial charge in [0, 0.05) is 37.3 Å². The van der Waals surface area contributed by atoms with E-state index in [4.69, 9.17) is 0 Å². The minimum absolute atomic E-state index is 0.106. The Kier molecular flexibility index (Phi) is 6.14. The molecule has 0 aliphatic carbocycles. The first-order valence-corrected chi connectivity index (χ1v) is 10.2. The summed E-state index contributed by atoms with van der Waals surface area (Å²) >= 11 is 1.58. The lowest BCUT2D eigenvalue weighted by Gasteiger charge is -2.32. The van der Waals surface area contributed by atoms with Crippen LogP contribution >= 0.6 is 11.3 Å². The zero-order chi connectivity index (χ0) is 18.5. The van der Waals surface area contributed by atoms with Gasteiger partial charge >= 0.3 is 0 Å². The lowest BCUT2D eigenvalue weighted by molar-refractivity contribution is -0.134. The van der Waals surface area contributed by atoms with Crippen molar-refractivity contribution in [3.8, 4) is 0 Å². The average molecular weight is 374 g/mol. The van der Waals surface area contributed by atoms with Crippen molar-refractivity contribution in [3.05, 3.63) is 46.4 Å². The van der Waals surface area contributed by atoms with Crippen molar-refractivity contribution in [1.29, 1.82) is 0 Å². The smallest absolute Gasteiger partial charge is 0.225 e. The first-order valence-electron chi connectivity index (χ1n) is 9.27. The van der Waals surface area contributed by atoms with Gasteiger partial charge in [0.05, 0.1) is 18.5 Å². The van der Waals surface area contributed by atoms with E-state index in [1.807, 2.05) is 41.7 Å². The molecule has 2 aromatic heterocycles. The molecule has 0 bridgehead atoms. The summed E-state index contributed by atoms with van der Waals surface area (Å²) in [5.41, 5.74) is 1.19. The number of carbonyl (C=O) groups is 2. The molecule has 1 aliphatic rings. The van der Waals surface area contributed by atoms with Crippen LogP contribution in [0.2, 0.25) is 0 Å². The van der Waals surface area contributed by atoms with E-state index in [-0.39, 0.29) is 23.9 Å². The Bertz CT molecular complexity index is 738. The molecule has 0 aromatic carbocycles. The predicted octanol–water partition coefficient (Wildman–Crippen LogP) is 3.80. The largest absolute Gasteiger partial charge is 0.353 e. The number of aromatic nitrogens is 1. The van der Waals surface area contributed by atoms with Gasteiger partial charge in [0.25, 0.3) is 0 Å². The molecule has 2 atom stereocenters. The van der Waals surface area contributed by atoms with E-state index in [9.17, 15) is 9.59 Å². The average Bonchev–Trinajstić information content (AvgIpc) is 3.21. The first kappa shape index (κ1) is 18.7. The van der Waals surface area contributed by atoms with E-state index >= 15 is 0 Å². The van der Waals surface area contributed by atoms with Crippen LogP contribution in [0.3, 0.4) is 0 Å². The Balaban J connectivity index is 1.80. The van der Waals surface area contributed by atoms with Crippen LogP contribution in [0.25, 0.3) is 0 Å². The number of nitrogens with one attached hydrogen (secondary N) is 1. The molecule has 5 nitrogen and oxygen atoms in total. The van der Waals surface area contributed by atoms with Crippen LogP contribution in [0.4, 0.5) is 0 Å². The summed E-state index contributed by atoms with van der Waals surface area (Å²) in [7, 11) is 2.04. The first-order chi connectivity index (χ1) is 12.6. The summed E-state index contributed by atoms with van der Waals surface area (Å²) in [6.45, 7) is 2.29. The topological polar surface area (TPSA) is 54.3 Å². The van der Waals surface area contributed by atoms with Crippen LogP contribution < -0.4 is 5.32 Å². The number of nitrogens with zero attached hydrogens (tertiary/aromatic N) is 2. The molecule has 0 spiro atoms. The molecule has 26 heavy (non-hydrogen) atoms. The van der Waals surface area contributed by atoms with Crippen molar-refractivity contribution in [1.82, 2.24) is 14.8 Å². The van der Waals surface area contributed by atoms with Crippen LogP contribution in [-0.2, 0) is 16.6 Å². The van der Waals surface area contributed by atoms with Gasteiger partial charge < -0.3 is 14.8 Å². The summed E-state index contributed by atoms with van der Waals surface area (Å²) in [5.74, 6) is 0.0105. The molecule has 0 unspecified atom stereocenters. The van der Waals surface area contributed by atoms with E-state index < -0.39 is 0 Å². The number of amides is 2. The Hall–Kier alpha value is -2.08. The molecule has 1 N–H and O–H groups in total. The van der Waals surface area contributed by atoms with Gasteiger partial charge in [-0.2, -0.15) is 0 Å². The molecule has 0 radical (unpaired) electrons. The molecule has 0 saturated carbocycles. The molecule has 6 heteroatoms. The maximum absolute atomic E-state index is 13.2. The highest BCUT2D eigenvalue weighted by Crippen LogP contribution is 2.32. The van der Waals surface area contributed by atoms with Crippen molar-refractivity contribution in [2.24, 2.45) is 7.05 Å². The fourth-order valence-electron chi connectivity index (χ4n) is 3.78. The highest BCUT2D eigenvalue weighted by Gasteiger charge is 2.30. The van der Waals surface area contributed by atoms with Gasteiger partial charge in [0.2, 0.25) is 11.8 Å². The number of aryl methyl sites for hydroxylation is 1. The van der Waals surface area contributed by atoms with Crippen molar-refractivity contribution in [2.75, 3.05) is 6.54 Å². The van der Waals surface area contributed by atoms with Gasteiger partial charge in [-0.3, -0.25) is 9.59 Å². The molecule has 1 aliphatic heterocycles. The van der Waals surface area contributed by atoms with Crippen LogP contribution in [0.15, 0.2) is 35.8 Å². The minimum Gasteiger partial charge on any atom is -0.353 e. The van der Waals surface area contributed by atoms with Gasteiger partial charge in [-0.05, 0) is 36.4 Å². The molecule has 2 aromatic rings. The van der Waals surface area contributed by atoms with E-state index in [1.165, 1.54) is 12.6 Å². The fourth-order valence-corrected chi connectivity index (χ4v) is 4.56. The number of hydrogen-bond donors (Lipinski definition) is 1. The molecule has 3 rings (SSSR count). The quantitative estimate of drug-likeness (QED) is 0.867. The summed E-state index contributed by atoms with van der Waals surface area (Å²) < 4.78 is 2.11. The molecule has 3 heterocycles. The van der Waals surface area contributed by atoms with Crippen LogP contribution in [-0.4, -0.2) is 27.8 Å². The van der Waals surface area contributed by atoms with Gasteiger partial charge in [-0.15, -0.1) is 11.3 Å². The fraction of sp³-hybridized carbons (Fsp3) is 0.500. The standard InChI is InChI=1S/C20H27N3O2S/c1-15(24)21-16(19-10-7-13-26-19)14-20(25)23-12-5-3-4-8-18(23)17-9-6-11-22(17)2/h6-7,9-11,13,16,18H,3-5,8,12,14H2,1-2H3,(H,21,24)/t16-,18-/m1/s1. The number of thiophene rings is 1. The van der Waals surface area contributed by atoms with Crippen LogP contribution in [0.5, 0.6) is 0 Å². The lowest BCUT2D eigenvalue weighted by Crippen LogP contribution is -2.38. The third-order valence-corrected chi connectivity index (χ3v) is 6.03. The van der Waals surface area contributed by atoms with Gasteiger partial charge in [-0.25, -0.2) is 0 Å². The number of hydrogen-bond acceptors (Lipinski definition) is 3. The monoisotopic (exact) mass is 373 g/mol. The van der Waals surface area contributed by atoms with Gasteiger partial charge in [0.15, 0.2) is 0 Å². The van der Waals surface area contributed by atoms with E-state index in [2.05, 4.69) is 16.0 Å². The Labute approximate surface area is 159 Å². The zero-order valence-corrected chi connectivity index (χ0v) is 16.3. The molecule has 2 amide bonds. The number of carbonyl (C=O) groups excluding carboxylic acids is 2. The number of likely N-dealkylation sites (tertiary alicyclic amines) is 1. The van der Waals surface area contributed by atoms with E-state index in [0.717, 1.165) is 37.1 Å². The van der Waals surface area contributed by atoms with Crippen molar-refractivity contribution in [2.45, 2.75) is 51.1 Å². The molecule has 1 saturated heterocycles. The minimum atomic E-state index is -0.252. The molecular formula is C20H27N3O2S. The molecule has 140 valence electrons. The Morgan fingerprint density at radius 2 is 2.12 bits per heavy atom. The van der Waals surface area contributed by atoms with Crippen LogP contribution in [0.1, 0.15) is 61.7 Å². The van der Waals surface area contributed by atoms with E-state index in [0.29, 0.717) is 6.42 Å². The van der Waals surface area contributed by atoms with Crippen molar-refractivity contribution in [3.63, 3.8) is 0 Å². The van der Waals surface area contributed by atoms with Gasteiger partial charge in [0.1, 0.15) is 0 Å². The Morgan fingerprint density at radius 3 is 2.77 bits per heavy atom. The Morgan fingerprint density at radius 1 is 1.27 bits per heavy atom. The third-order valence-electron chi connectivity index (χ3n) is 5.04. The highest BCUT2D eigenvalue weighted by atomic mass is 32.1.